The summed E-state index contributed by atoms with van der Waals surface area (Å²) in [4.78, 5) is 35.9. The number of nitrogens with two attached hydrogens (primary N) is 1. The van der Waals surface area contributed by atoms with Crippen LogP contribution in [-0.4, -0.2) is 37.2 Å². The third kappa shape index (κ3) is 3.49. The van der Waals surface area contributed by atoms with E-state index in [2.05, 4.69) is 9.47 Å². The van der Waals surface area contributed by atoms with Gasteiger partial charge in [-0.1, -0.05) is 0 Å². The van der Waals surface area contributed by atoms with Crippen LogP contribution in [0.5, 0.6) is 5.75 Å². The molecule has 3 N–H and O–H groups in total. The van der Waals surface area contributed by atoms with E-state index in [-0.39, 0.29) is 38.2 Å². The Morgan fingerprint density at radius 3 is 2.38 bits per heavy atom. The number of hydrogen-bond donors (Lipinski definition) is 2. The van der Waals surface area contributed by atoms with Crippen molar-refractivity contribution in [2.75, 3.05) is 20.0 Å². The number of hydrogen-bond acceptors (Lipinski definition) is 10. The molecule has 24 heavy (non-hydrogen) atoms. The Bertz CT molecular complexity index is 793. The second-order valence-corrected chi connectivity index (χ2v) is 6.34. The first-order valence-corrected chi connectivity index (χ1v) is 8.11. The Morgan fingerprint density at radius 2 is 1.83 bits per heavy atom. The Balaban J connectivity index is 2.31. The summed E-state index contributed by atoms with van der Waals surface area (Å²) < 4.78 is 14.4. The third-order valence-electron chi connectivity index (χ3n) is 2.93. The summed E-state index contributed by atoms with van der Waals surface area (Å²) in [6.07, 6.45) is 0. The standard InChI is InChI=1S/C14H13NO7S2/c1-20-13(18)9-7(10(14(19)21-2)24-11(9)15)4-22-12(17)8-3-6(16)5-23-8/h3,5,16H,4,15H2,1-2H3. The van der Waals surface area contributed by atoms with E-state index in [4.69, 9.17) is 10.5 Å². The Hall–Kier alpha value is -2.59. The number of carbonyl (C=O) groups is 3. The van der Waals surface area contributed by atoms with Gasteiger partial charge in [0, 0.05) is 17.0 Å². The van der Waals surface area contributed by atoms with E-state index in [1.165, 1.54) is 25.7 Å². The highest BCUT2D eigenvalue weighted by atomic mass is 32.1. The van der Waals surface area contributed by atoms with Gasteiger partial charge in [0.05, 0.1) is 14.2 Å². The van der Waals surface area contributed by atoms with E-state index < -0.39 is 17.9 Å². The highest BCUT2D eigenvalue weighted by Gasteiger charge is 2.28. The molecule has 2 aromatic heterocycles. The molecule has 2 heterocycles. The van der Waals surface area contributed by atoms with Gasteiger partial charge in [0.15, 0.2) is 0 Å². The summed E-state index contributed by atoms with van der Waals surface area (Å²) >= 11 is 1.84. The number of thiophene rings is 2. The van der Waals surface area contributed by atoms with Crippen LogP contribution in [0.2, 0.25) is 0 Å². The van der Waals surface area contributed by atoms with Crippen LogP contribution in [-0.2, 0) is 20.8 Å². The lowest BCUT2D eigenvalue weighted by Gasteiger charge is -2.07. The van der Waals surface area contributed by atoms with Crippen LogP contribution in [0.15, 0.2) is 11.4 Å². The maximum absolute atomic E-state index is 12.0. The molecule has 0 atom stereocenters. The molecule has 0 aromatic carbocycles. The first-order chi connectivity index (χ1) is 11.4. The number of aromatic hydroxyl groups is 1. The molecule has 0 aliphatic carbocycles. The zero-order valence-corrected chi connectivity index (χ0v) is 14.3. The summed E-state index contributed by atoms with van der Waals surface area (Å²) in [5.74, 6) is -2.23. The van der Waals surface area contributed by atoms with Gasteiger partial charge in [-0.05, 0) is 0 Å². The SMILES string of the molecule is COC(=O)c1sc(N)c(C(=O)OC)c1COC(=O)c1cc(O)cs1. The van der Waals surface area contributed by atoms with Crippen LogP contribution in [0.3, 0.4) is 0 Å². The Labute approximate surface area is 144 Å². The molecule has 0 saturated carbocycles. The van der Waals surface area contributed by atoms with Crippen molar-refractivity contribution in [2.45, 2.75) is 6.61 Å². The number of nitrogen functional groups attached to an aromatic ring is 1. The molecule has 0 aliphatic heterocycles. The number of esters is 3. The van der Waals surface area contributed by atoms with Gasteiger partial charge in [-0.3, -0.25) is 0 Å². The second-order valence-electron chi connectivity index (χ2n) is 4.38. The van der Waals surface area contributed by atoms with Gasteiger partial charge in [-0.2, -0.15) is 0 Å². The highest BCUT2D eigenvalue weighted by Crippen LogP contribution is 2.33. The molecule has 0 fully saturated rings. The molecule has 2 aromatic rings. The normalized spacial score (nSPS) is 10.2. The molecule has 0 unspecified atom stereocenters. The zero-order chi connectivity index (χ0) is 17.9. The van der Waals surface area contributed by atoms with Crippen LogP contribution in [0, 0.1) is 0 Å². The fourth-order valence-electron chi connectivity index (χ4n) is 1.85. The Morgan fingerprint density at radius 1 is 1.17 bits per heavy atom. The first-order valence-electron chi connectivity index (χ1n) is 6.41. The predicted octanol–water partition coefficient (Wildman–Crippen LogP) is 2.03. The fraction of sp³-hybridized carbons (Fsp3) is 0.214. The minimum atomic E-state index is -0.751. The van der Waals surface area contributed by atoms with Crippen molar-refractivity contribution in [1.29, 1.82) is 0 Å². The molecular weight excluding hydrogens is 358 g/mol. The minimum Gasteiger partial charge on any atom is -0.507 e. The number of anilines is 1. The van der Waals surface area contributed by atoms with Crippen molar-refractivity contribution in [3.05, 3.63) is 32.3 Å². The zero-order valence-electron chi connectivity index (χ0n) is 12.7. The summed E-state index contributed by atoms with van der Waals surface area (Å²) in [5, 5.41) is 10.7. The van der Waals surface area contributed by atoms with E-state index in [1.807, 2.05) is 0 Å². The monoisotopic (exact) mass is 371 g/mol. The maximum Gasteiger partial charge on any atom is 0.348 e. The van der Waals surface area contributed by atoms with E-state index in [9.17, 15) is 19.5 Å². The van der Waals surface area contributed by atoms with Crippen LogP contribution in [0.25, 0.3) is 0 Å². The second kappa shape index (κ2) is 7.32. The average molecular weight is 371 g/mol. The van der Waals surface area contributed by atoms with Crippen molar-refractivity contribution in [3.63, 3.8) is 0 Å². The minimum absolute atomic E-state index is 0.0373. The molecule has 0 radical (unpaired) electrons. The van der Waals surface area contributed by atoms with Crippen molar-refractivity contribution in [2.24, 2.45) is 0 Å². The topological polar surface area (TPSA) is 125 Å². The number of methoxy groups -OCH3 is 2. The van der Waals surface area contributed by atoms with Crippen LogP contribution < -0.4 is 5.73 Å². The van der Waals surface area contributed by atoms with Gasteiger partial charge in [0.2, 0.25) is 0 Å². The molecule has 2 rings (SSSR count). The van der Waals surface area contributed by atoms with E-state index in [1.54, 1.807) is 0 Å². The number of ether oxygens (including phenoxy) is 3. The molecule has 10 heteroatoms. The fourth-order valence-corrected chi connectivity index (χ4v) is 3.49. The molecular formula is C14H13NO7S2. The maximum atomic E-state index is 12.0. The predicted molar refractivity (Wildman–Crippen MR) is 86.5 cm³/mol. The van der Waals surface area contributed by atoms with Gasteiger partial charge in [0.1, 0.15) is 32.7 Å². The summed E-state index contributed by atoms with van der Waals surface area (Å²) in [6.45, 7) is -0.375. The lowest BCUT2D eigenvalue weighted by molar-refractivity contribution is 0.0457. The lowest BCUT2D eigenvalue weighted by atomic mass is 10.1. The van der Waals surface area contributed by atoms with E-state index >= 15 is 0 Å². The van der Waals surface area contributed by atoms with Crippen LogP contribution in [0.1, 0.15) is 35.3 Å². The molecule has 0 amide bonds. The summed E-state index contributed by atoms with van der Waals surface area (Å²) in [5.41, 5.74) is 5.85. The van der Waals surface area contributed by atoms with E-state index in [0.29, 0.717) is 0 Å². The lowest BCUT2D eigenvalue weighted by Crippen LogP contribution is -2.12. The Kier molecular flexibility index (Phi) is 5.42. The van der Waals surface area contributed by atoms with Gasteiger partial charge in [0.25, 0.3) is 0 Å². The smallest absolute Gasteiger partial charge is 0.348 e. The molecule has 0 bridgehead atoms. The van der Waals surface area contributed by atoms with Gasteiger partial charge >= 0.3 is 17.9 Å². The summed E-state index contributed by atoms with van der Waals surface area (Å²) in [7, 11) is 2.35. The van der Waals surface area contributed by atoms with Crippen molar-refractivity contribution in [3.8, 4) is 5.75 Å². The molecule has 128 valence electrons. The van der Waals surface area contributed by atoms with Gasteiger partial charge in [-0.15, -0.1) is 22.7 Å². The third-order valence-corrected chi connectivity index (χ3v) is 4.87. The van der Waals surface area contributed by atoms with E-state index in [0.717, 1.165) is 22.7 Å². The average Bonchev–Trinajstić information content (AvgIpc) is 3.14. The van der Waals surface area contributed by atoms with Crippen LogP contribution in [0.4, 0.5) is 5.00 Å². The first kappa shape index (κ1) is 17.8. The highest BCUT2D eigenvalue weighted by molar-refractivity contribution is 7.18. The number of carbonyl (C=O) groups excluding carboxylic acids is 3. The molecule has 0 spiro atoms. The van der Waals surface area contributed by atoms with Crippen LogP contribution >= 0.6 is 22.7 Å². The quantitative estimate of drug-likeness (QED) is 0.604. The molecule has 0 aliphatic rings. The number of rotatable bonds is 5. The van der Waals surface area contributed by atoms with Gasteiger partial charge < -0.3 is 25.1 Å². The molecule has 0 saturated heterocycles. The molecule has 8 nitrogen and oxygen atoms in total. The van der Waals surface area contributed by atoms with Gasteiger partial charge in [-0.25, -0.2) is 14.4 Å². The van der Waals surface area contributed by atoms with Crippen molar-refractivity contribution >= 4 is 45.6 Å². The summed E-state index contributed by atoms with van der Waals surface area (Å²) in [6, 6.07) is 1.25. The van der Waals surface area contributed by atoms with Crippen molar-refractivity contribution in [1.82, 2.24) is 0 Å². The largest absolute Gasteiger partial charge is 0.507 e. The van der Waals surface area contributed by atoms with Crippen molar-refractivity contribution < 1.29 is 33.7 Å².